The first-order valence-corrected chi connectivity index (χ1v) is 9.81. The third-order valence-corrected chi connectivity index (χ3v) is 4.79. The fourth-order valence-electron chi connectivity index (χ4n) is 2.96. The Labute approximate surface area is 174 Å². The van der Waals surface area contributed by atoms with E-state index in [1.54, 1.807) is 11.1 Å². The van der Waals surface area contributed by atoms with Gasteiger partial charge in [0.15, 0.2) is 0 Å². The number of hydrogen-bond acceptors (Lipinski definition) is 8. The van der Waals surface area contributed by atoms with Crippen LogP contribution in [0.5, 0.6) is 0 Å². The topological polar surface area (TPSA) is 110 Å². The zero-order valence-electron chi connectivity index (χ0n) is 17.3. The van der Waals surface area contributed by atoms with Crippen molar-refractivity contribution in [2.24, 2.45) is 5.41 Å². The molecule has 1 aliphatic heterocycles. The lowest BCUT2D eigenvalue weighted by atomic mass is 9.98. The number of ketones is 1. The molecule has 2 aromatic rings. The summed E-state index contributed by atoms with van der Waals surface area (Å²) in [4.78, 5) is 38.2. The lowest BCUT2D eigenvalue weighted by Crippen LogP contribution is -2.42. The van der Waals surface area contributed by atoms with Crippen molar-refractivity contribution in [2.75, 3.05) is 24.1 Å². The van der Waals surface area contributed by atoms with E-state index in [1.165, 1.54) is 24.4 Å². The Kier molecular flexibility index (Phi) is 6.31. The molecule has 3 N–H and O–H groups in total. The lowest BCUT2D eigenvalue weighted by molar-refractivity contribution is -0.204. The molecule has 1 saturated heterocycles. The summed E-state index contributed by atoms with van der Waals surface area (Å²) in [7, 11) is 0. The van der Waals surface area contributed by atoms with Crippen LogP contribution in [0.4, 0.5) is 16.2 Å². The number of nitrogens with one attached hydrogen (secondary N) is 1. The molecule has 160 valence electrons. The highest BCUT2D eigenvalue weighted by atomic mass is 19.1. The van der Waals surface area contributed by atoms with Crippen molar-refractivity contribution in [2.45, 2.75) is 39.7 Å². The molecule has 0 unspecified atom stereocenters. The molecule has 0 radical (unpaired) electrons. The van der Waals surface area contributed by atoms with Gasteiger partial charge in [0.1, 0.15) is 11.6 Å². The fourth-order valence-corrected chi connectivity index (χ4v) is 2.96. The molecule has 30 heavy (non-hydrogen) atoms. The molecular formula is C21H26FN5O3. The van der Waals surface area contributed by atoms with Crippen LogP contribution < -0.4 is 11.1 Å². The van der Waals surface area contributed by atoms with Gasteiger partial charge in [0.2, 0.25) is 11.7 Å². The molecule has 0 atom stereocenters. The van der Waals surface area contributed by atoms with E-state index in [0.717, 1.165) is 12.8 Å². The fraction of sp³-hybridized carbons (Fsp3) is 0.429. The molecule has 1 aliphatic rings. The minimum Gasteiger partial charge on any atom is -0.383 e. The van der Waals surface area contributed by atoms with Crippen LogP contribution in [0.3, 0.4) is 0 Å². The second kappa shape index (κ2) is 8.74. The first-order valence-electron chi connectivity index (χ1n) is 9.81. The Morgan fingerprint density at radius 2 is 1.87 bits per heavy atom. The summed E-state index contributed by atoms with van der Waals surface area (Å²) in [6.07, 6.45) is 2.74. The van der Waals surface area contributed by atoms with Crippen molar-refractivity contribution < 1.29 is 18.8 Å². The van der Waals surface area contributed by atoms with Gasteiger partial charge in [0.25, 0.3) is 0 Å². The van der Waals surface area contributed by atoms with Gasteiger partial charge in [-0.15, -0.1) is 5.06 Å². The number of nitrogen functional groups attached to an aromatic ring is 1. The lowest BCUT2D eigenvalue weighted by Gasteiger charge is -2.32. The minimum atomic E-state index is -0.622. The van der Waals surface area contributed by atoms with Crippen LogP contribution in [-0.4, -0.2) is 45.9 Å². The molecular weight excluding hydrogens is 389 g/mol. The van der Waals surface area contributed by atoms with Crippen LogP contribution in [-0.2, 0) is 9.63 Å². The van der Waals surface area contributed by atoms with Crippen LogP contribution in [0.1, 0.15) is 49.5 Å². The van der Waals surface area contributed by atoms with E-state index in [4.69, 9.17) is 10.6 Å². The molecule has 8 nitrogen and oxygen atoms in total. The van der Waals surface area contributed by atoms with Crippen molar-refractivity contribution in [3.8, 4) is 0 Å². The summed E-state index contributed by atoms with van der Waals surface area (Å²) in [6, 6.07) is 5.76. The molecule has 0 saturated carbocycles. The number of piperidine rings is 1. The van der Waals surface area contributed by atoms with E-state index in [9.17, 15) is 14.0 Å². The van der Waals surface area contributed by atoms with Crippen molar-refractivity contribution in [3.05, 3.63) is 47.4 Å². The Morgan fingerprint density at radius 3 is 2.47 bits per heavy atom. The van der Waals surface area contributed by atoms with Crippen molar-refractivity contribution in [1.29, 1.82) is 0 Å². The smallest absolute Gasteiger partial charge is 0.330 e. The first-order chi connectivity index (χ1) is 14.1. The van der Waals surface area contributed by atoms with Gasteiger partial charge in [0.05, 0.1) is 16.5 Å². The molecule has 0 bridgehead atoms. The number of hydrogen-bond donors (Lipinski definition) is 2. The van der Waals surface area contributed by atoms with Crippen LogP contribution >= 0.6 is 0 Å². The highest BCUT2D eigenvalue weighted by molar-refractivity contribution is 6.11. The molecule has 0 spiro atoms. The molecule has 9 heteroatoms. The summed E-state index contributed by atoms with van der Waals surface area (Å²) < 4.78 is 13.9. The highest BCUT2D eigenvalue weighted by Crippen LogP contribution is 2.21. The maximum atomic E-state index is 13.9. The van der Waals surface area contributed by atoms with Crippen LogP contribution in [0, 0.1) is 11.2 Å². The summed E-state index contributed by atoms with van der Waals surface area (Å²) in [5.41, 5.74) is 5.35. The second-order valence-electron chi connectivity index (χ2n) is 8.28. The number of nitrogens with zero attached hydrogens (tertiary/aromatic N) is 3. The number of benzene rings is 1. The Balaban J connectivity index is 1.59. The second-order valence-corrected chi connectivity index (χ2v) is 8.28. The first kappa shape index (κ1) is 21.6. The van der Waals surface area contributed by atoms with Gasteiger partial charge in [-0.25, -0.2) is 14.2 Å². The normalized spacial score (nSPS) is 15.6. The Morgan fingerprint density at radius 1 is 1.20 bits per heavy atom. The summed E-state index contributed by atoms with van der Waals surface area (Å²) in [5.74, 6) is -1.17. The van der Waals surface area contributed by atoms with Gasteiger partial charge in [-0.1, -0.05) is 12.1 Å². The molecule has 0 amide bonds. The standard InChI is InChI=1S/C21H26FN5O3/c1-21(2,3)19(29)30-27-10-8-13(9-11-27)25-20-24-12-15(18(23)26-20)17(28)14-6-4-5-7-16(14)22/h4-7,12-13H,8-11H2,1-3H3,(H3,23,24,25,26). The third kappa shape index (κ3) is 5.10. The quantitative estimate of drug-likeness (QED) is 0.718. The number of anilines is 2. The SMILES string of the molecule is CC(C)(C)C(=O)ON1CCC(Nc2ncc(C(=O)c3ccccc3F)c(N)n2)CC1. The Bertz CT molecular complexity index is 936. The zero-order valence-corrected chi connectivity index (χ0v) is 17.3. The van der Waals surface area contributed by atoms with Gasteiger partial charge in [-0.2, -0.15) is 4.98 Å². The number of nitrogens with two attached hydrogens (primary N) is 1. The van der Waals surface area contributed by atoms with Gasteiger partial charge >= 0.3 is 5.97 Å². The molecule has 1 aromatic heterocycles. The van der Waals surface area contributed by atoms with Gasteiger partial charge in [-0.05, 0) is 45.7 Å². The monoisotopic (exact) mass is 415 g/mol. The van der Waals surface area contributed by atoms with E-state index >= 15 is 0 Å². The molecule has 0 aliphatic carbocycles. The average molecular weight is 415 g/mol. The summed E-state index contributed by atoms with van der Waals surface area (Å²) >= 11 is 0. The van der Waals surface area contributed by atoms with E-state index in [1.807, 2.05) is 20.8 Å². The maximum Gasteiger partial charge on any atom is 0.330 e. The number of hydroxylamine groups is 2. The highest BCUT2D eigenvalue weighted by Gasteiger charge is 2.28. The largest absolute Gasteiger partial charge is 0.383 e. The number of halogens is 1. The number of aromatic nitrogens is 2. The number of carbonyl (C=O) groups excluding carboxylic acids is 2. The van der Waals surface area contributed by atoms with E-state index in [-0.39, 0.29) is 29.0 Å². The van der Waals surface area contributed by atoms with E-state index < -0.39 is 17.0 Å². The maximum absolute atomic E-state index is 13.9. The predicted octanol–water partition coefficient (Wildman–Crippen LogP) is 2.81. The predicted molar refractivity (Wildman–Crippen MR) is 110 cm³/mol. The van der Waals surface area contributed by atoms with Crippen molar-refractivity contribution in [3.63, 3.8) is 0 Å². The van der Waals surface area contributed by atoms with Gasteiger partial charge in [0, 0.05) is 25.3 Å². The molecule has 2 heterocycles. The Hall–Kier alpha value is -3.07. The zero-order chi connectivity index (χ0) is 21.9. The summed E-state index contributed by atoms with van der Waals surface area (Å²) in [6.45, 7) is 6.60. The van der Waals surface area contributed by atoms with Crippen LogP contribution in [0.15, 0.2) is 30.5 Å². The minimum absolute atomic E-state index is 0.0164. The molecule has 1 fully saturated rings. The van der Waals surface area contributed by atoms with Crippen LogP contribution in [0.2, 0.25) is 0 Å². The number of carbonyl (C=O) groups is 2. The third-order valence-electron chi connectivity index (χ3n) is 4.79. The van der Waals surface area contributed by atoms with Gasteiger partial charge in [-0.3, -0.25) is 4.79 Å². The van der Waals surface area contributed by atoms with E-state index in [2.05, 4.69) is 15.3 Å². The van der Waals surface area contributed by atoms with E-state index in [0.29, 0.717) is 19.0 Å². The van der Waals surface area contributed by atoms with Gasteiger partial charge < -0.3 is 15.9 Å². The summed E-state index contributed by atoms with van der Waals surface area (Å²) in [5, 5.41) is 4.85. The van der Waals surface area contributed by atoms with Crippen molar-refractivity contribution >= 4 is 23.5 Å². The average Bonchev–Trinajstić information content (AvgIpc) is 2.69. The number of rotatable bonds is 5. The molecule has 3 rings (SSSR count). The van der Waals surface area contributed by atoms with Crippen molar-refractivity contribution in [1.82, 2.24) is 15.0 Å². The van der Waals surface area contributed by atoms with Crippen LogP contribution in [0.25, 0.3) is 0 Å². The molecule has 1 aromatic carbocycles.